The fourth-order valence-corrected chi connectivity index (χ4v) is 6.32. The molecule has 0 fully saturated rings. The molecule has 3 aromatic carbocycles. The Hall–Kier alpha value is -2.85. The number of carbonyl (C=O) groups is 1. The third-order valence-electron chi connectivity index (χ3n) is 6.26. The minimum atomic E-state index is -3.87. The molecule has 2 N–H and O–H groups in total. The van der Waals surface area contributed by atoms with Gasteiger partial charge in [0, 0.05) is 18.0 Å². The van der Waals surface area contributed by atoms with E-state index < -0.39 is 22.2 Å². The molecule has 0 aromatic heterocycles. The summed E-state index contributed by atoms with van der Waals surface area (Å²) >= 11 is 1.54. The van der Waals surface area contributed by atoms with Gasteiger partial charge in [0.1, 0.15) is 5.75 Å². The topological polar surface area (TPSA) is 95.9 Å². The molecular weight excluding hydrogens is 532 g/mol. The molecule has 0 bridgehead atoms. The van der Waals surface area contributed by atoms with E-state index in [9.17, 15) is 18.3 Å². The number of nitrogens with zero attached hydrogens (tertiary/aromatic N) is 1. The summed E-state index contributed by atoms with van der Waals surface area (Å²) in [4.78, 5) is 14.2. The van der Waals surface area contributed by atoms with Gasteiger partial charge in [-0.05, 0) is 66.1 Å². The van der Waals surface area contributed by atoms with Gasteiger partial charge in [0.15, 0.2) is 0 Å². The van der Waals surface area contributed by atoms with Gasteiger partial charge < -0.3 is 15.2 Å². The largest absolute Gasteiger partial charge is 0.497 e. The van der Waals surface area contributed by atoms with Gasteiger partial charge in [-0.1, -0.05) is 56.3 Å². The van der Waals surface area contributed by atoms with Crippen molar-refractivity contribution in [2.75, 3.05) is 26.5 Å². The van der Waals surface area contributed by atoms with Crippen LogP contribution < -0.4 is 10.1 Å². The highest BCUT2D eigenvalue weighted by Crippen LogP contribution is 2.22. The predicted octanol–water partition coefficient (Wildman–Crippen LogP) is 4.39. The summed E-state index contributed by atoms with van der Waals surface area (Å²) in [6.45, 7) is 3.95. The molecule has 7 nitrogen and oxygen atoms in total. The number of methoxy groups -OCH3 is 1. The van der Waals surface area contributed by atoms with E-state index in [1.54, 1.807) is 37.4 Å². The minimum Gasteiger partial charge on any atom is -0.497 e. The first-order chi connectivity index (χ1) is 18.6. The molecule has 3 rings (SSSR count). The van der Waals surface area contributed by atoms with Gasteiger partial charge >= 0.3 is 0 Å². The first-order valence-corrected chi connectivity index (χ1v) is 15.6. The van der Waals surface area contributed by atoms with E-state index in [0.29, 0.717) is 12.2 Å². The Morgan fingerprint density at radius 1 is 0.974 bits per heavy atom. The van der Waals surface area contributed by atoms with E-state index in [1.807, 2.05) is 68.6 Å². The maximum Gasteiger partial charge on any atom is 0.243 e. The van der Waals surface area contributed by atoms with Crippen molar-refractivity contribution >= 4 is 27.7 Å². The van der Waals surface area contributed by atoms with Crippen molar-refractivity contribution < 1.29 is 23.1 Å². The van der Waals surface area contributed by atoms with Crippen molar-refractivity contribution in [3.05, 3.63) is 90.0 Å². The molecule has 1 amide bonds. The van der Waals surface area contributed by atoms with Crippen LogP contribution in [0, 0.1) is 5.92 Å². The maximum absolute atomic E-state index is 13.6. The average molecular weight is 571 g/mol. The first-order valence-electron chi connectivity index (χ1n) is 12.9. The molecule has 0 spiro atoms. The van der Waals surface area contributed by atoms with E-state index in [2.05, 4.69) is 5.32 Å². The van der Waals surface area contributed by atoms with E-state index in [4.69, 9.17) is 4.74 Å². The van der Waals surface area contributed by atoms with Gasteiger partial charge in [0.2, 0.25) is 15.9 Å². The monoisotopic (exact) mass is 570 g/mol. The first kappa shape index (κ1) is 30.7. The number of carbonyl (C=O) groups excluding carboxylic acids is 1. The molecule has 3 aromatic rings. The summed E-state index contributed by atoms with van der Waals surface area (Å²) in [5.74, 6) is 0.420. The summed E-state index contributed by atoms with van der Waals surface area (Å²) in [6.07, 6.45) is 1.24. The highest BCUT2D eigenvalue weighted by Gasteiger charge is 2.31. The van der Waals surface area contributed by atoms with Crippen LogP contribution in [0.4, 0.5) is 0 Å². The zero-order chi connectivity index (χ0) is 28.4. The van der Waals surface area contributed by atoms with E-state index in [1.165, 1.54) is 16.1 Å². The molecule has 0 aliphatic heterocycles. The fraction of sp³-hybridized carbons (Fsp3) is 0.367. The Morgan fingerprint density at radius 2 is 1.64 bits per heavy atom. The standard InChI is InChI=1S/C30H38N2O5S2/c1-22(2)20-32(39(35,36)27-15-13-26(38-4)14-16-27)21-29(33)28(18-23-9-6-5-7-10-23)31-30(34)19-24-11-8-12-25(17-24)37-3/h5-17,22,28-29,33H,18-21H2,1-4H3,(H,31,34)/t28-,29+/m0/s1. The molecule has 0 radical (unpaired) electrons. The van der Waals surface area contributed by atoms with Gasteiger partial charge in [-0.2, -0.15) is 4.31 Å². The molecule has 0 saturated carbocycles. The van der Waals surface area contributed by atoms with Crippen molar-refractivity contribution in [2.45, 2.75) is 48.6 Å². The number of sulfonamides is 1. The number of aliphatic hydroxyl groups is 1. The molecule has 0 aliphatic carbocycles. The molecule has 210 valence electrons. The summed E-state index contributed by atoms with van der Waals surface area (Å²) in [5.41, 5.74) is 1.70. The second-order valence-corrected chi connectivity index (χ2v) is 12.7. The lowest BCUT2D eigenvalue weighted by atomic mass is 10.00. The molecule has 2 atom stereocenters. The van der Waals surface area contributed by atoms with Crippen LogP contribution >= 0.6 is 11.8 Å². The van der Waals surface area contributed by atoms with Crippen LogP contribution in [0.5, 0.6) is 5.75 Å². The van der Waals surface area contributed by atoms with Crippen LogP contribution in [0.2, 0.25) is 0 Å². The number of nitrogens with one attached hydrogen (secondary N) is 1. The fourth-order valence-electron chi connectivity index (χ4n) is 4.29. The van der Waals surface area contributed by atoms with E-state index >= 15 is 0 Å². The quantitative estimate of drug-likeness (QED) is 0.279. The van der Waals surface area contributed by atoms with E-state index in [0.717, 1.165) is 16.0 Å². The van der Waals surface area contributed by atoms with Gasteiger partial charge in [-0.3, -0.25) is 4.79 Å². The molecular formula is C30H38N2O5S2. The number of hydrogen-bond acceptors (Lipinski definition) is 6. The number of benzene rings is 3. The molecule has 9 heteroatoms. The second-order valence-electron chi connectivity index (χ2n) is 9.85. The van der Waals surface area contributed by atoms with Crippen LogP contribution in [0.1, 0.15) is 25.0 Å². The van der Waals surface area contributed by atoms with Gasteiger partial charge in [0.25, 0.3) is 0 Å². The highest BCUT2D eigenvalue weighted by molar-refractivity contribution is 7.98. The van der Waals surface area contributed by atoms with E-state index in [-0.39, 0.29) is 36.2 Å². The van der Waals surface area contributed by atoms with Crippen LogP contribution in [0.25, 0.3) is 0 Å². The number of aliphatic hydroxyl groups excluding tert-OH is 1. The smallest absolute Gasteiger partial charge is 0.243 e. The van der Waals surface area contributed by atoms with Crippen LogP contribution in [0.3, 0.4) is 0 Å². The molecule has 0 saturated heterocycles. The Kier molecular flexibility index (Phi) is 11.4. The van der Waals surface area contributed by atoms with Crippen LogP contribution in [-0.2, 0) is 27.7 Å². The predicted molar refractivity (Wildman–Crippen MR) is 157 cm³/mol. The lowest BCUT2D eigenvalue weighted by Crippen LogP contribution is -2.51. The van der Waals surface area contributed by atoms with Crippen molar-refractivity contribution in [1.82, 2.24) is 9.62 Å². The SMILES string of the molecule is COc1cccc(CC(=O)N[C@@H](Cc2ccccc2)[C@H](O)CN(CC(C)C)S(=O)(=O)c2ccc(SC)cc2)c1. The number of rotatable bonds is 14. The summed E-state index contributed by atoms with van der Waals surface area (Å²) in [5, 5.41) is 14.4. The third kappa shape index (κ3) is 9.10. The molecule has 0 aliphatic rings. The maximum atomic E-state index is 13.6. The number of thioether (sulfide) groups is 1. The number of ether oxygens (including phenoxy) is 1. The van der Waals surface area contributed by atoms with Gasteiger partial charge in [0.05, 0.1) is 30.6 Å². The average Bonchev–Trinajstić information content (AvgIpc) is 2.92. The molecule has 0 heterocycles. The Balaban J connectivity index is 1.83. The Labute approximate surface area is 236 Å². The normalized spacial score (nSPS) is 13.3. The number of amides is 1. The second kappa shape index (κ2) is 14.5. The lowest BCUT2D eigenvalue weighted by molar-refractivity contribution is -0.122. The van der Waals surface area contributed by atoms with Gasteiger partial charge in [-0.15, -0.1) is 11.8 Å². The summed E-state index contributed by atoms with van der Waals surface area (Å²) in [6, 6.07) is 22.8. The zero-order valence-corrected chi connectivity index (χ0v) is 24.5. The van der Waals surface area contributed by atoms with Crippen molar-refractivity contribution in [1.29, 1.82) is 0 Å². The summed E-state index contributed by atoms with van der Waals surface area (Å²) < 4.78 is 33.8. The van der Waals surface area contributed by atoms with Gasteiger partial charge in [-0.25, -0.2) is 8.42 Å². The summed E-state index contributed by atoms with van der Waals surface area (Å²) in [7, 11) is -2.30. The zero-order valence-electron chi connectivity index (χ0n) is 22.9. The third-order valence-corrected chi connectivity index (χ3v) is 8.85. The Morgan fingerprint density at radius 3 is 2.26 bits per heavy atom. The highest BCUT2D eigenvalue weighted by atomic mass is 32.2. The van der Waals surface area contributed by atoms with Crippen molar-refractivity contribution in [2.24, 2.45) is 5.92 Å². The Bertz CT molecular complexity index is 1300. The van der Waals surface area contributed by atoms with Crippen molar-refractivity contribution in [3.8, 4) is 5.75 Å². The van der Waals surface area contributed by atoms with Crippen molar-refractivity contribution in [3.63, 3.8) is 0 Å². The molecule has 0 unspecified atom stereocenters. The lowest BCUT2D eigenvalue weighted by Gasteiger charge is -2.31. The van der Waals surface area contributed by atoms with Crippen LogP contribution in [0.15, 0.2) is 88.7 Å². The molecule has 39 heavy (non-hydrogen) atoms. The number of hydrogen-bond donors (Lipinski definition) is 2. The minimum absolute atomic E-state index is 0.0349. The van der Waals surface area contributed by atoms with Crippen LogP contribution in [-0.4, -0.2) is 62.3 Å².